The van der Waals surface area contributed by atoms with Gasteiger partial charge in [-0.2, -0.15) is 0 Å². The van der Waals surface area contributed by atoms with E-state index in [4.69, 9.17) is 4.74 Å². The summed E-state index contributed by atoms with van der Waals surface area (Å²) in [6.07, 6.45) is 1.30. The summed E-state index contributed by atoms with van der Waals surface area (Å²) in [4.78, 5) is -0.422. The second-order valence-electron chi connectivity index (χ2n) is 5.87. The van der Waals surface area contributed by atoms with Crippen molar-refractivity contribution < 1.29 is 21.9 Å². The molecule has 0 radical (unpaired) electrons. The Kier molecular flexibility index (Phi) is 4.56. The Bertz CT molecular complexity index is 848. The minimum Gasteiger partial charge on any atom is -0.493 e. The second-order valence-corrected chi connectivity index (χ2v) is 7.59. The van der Waals surface area contributed by atoms with E-state index in [1.165, 1.54) is 0 Å². The Morgan fingerprint density at radius 2 is 1.88 bits per heavy atom. The van der Waals surface area contributed by atoms with Crippen molar-refractivity contribution >= 4 is 10.0 Å². The molecule has 0 aromatic heterocycles. The van der Waals surface area contributed by atoms with Crippen LogP contribution in [-0.4, -0.2) is 21.1 Å². The van der Waals surface area contributed by atoms with Crippen LogP contribution in [0.15, 0.2) is 41.3 Å². The van der Waals surface area contributed by atoms with Crippen LogP contribution in [0.5, 0.6) is 5.75 Å². The van der Waals surface area contributed by atoms with Gasteiger partial charge in [0.05, 0.1) is 11.5 Å². The fourth-order valence-electron chi connectivity index (χ4n) is 2.78. The van der Waals surface area contributed by atoms with E-state index in [0.717, 1.165) is 35.4 Å². The van der Waals surface area contributed by atoms with Gasteiger partial charge >= 0.3 is 0 Å². The fraction of sp³-hybridized carbons (Fsp3) is 0.294. The first kappa shape index (κ1) is 16.9. The van der Waals surface area contributed by atoms with Gasteiger partial charge in [-0.1, -0.05) is 12.1 Å². The molecular formula is C17H17F2NO3S. The molecule has 7 heteroatoms. The van der Waals surface area contributed by atoms with Gasteiger partial charge in [0.1, 0.15) is 17.4 Å². The minimum atomic E-state index is -3.99. The lowest BCUT2D eigenvalue weighted by Crippen LogP contribution is -2.34. The molecule has 128 valence electrons. The Balaban J connectivity index is 1.72. The molecule has 24 heavy (non-hydrogen) atoms. The van der Waals surface area contributed by atoms with Gasteiger partial charge in [-0.05, 0) is 42.7 Å². The Morgan fingerprint density at radius 3 is 2.58 bits per heavy atom. The maximum atomic E-state index is 13.2. The van der Waals surface area contributed by atoms with Crippen molar-refractivity contribution in [3.05, 3.63) is 59.2 Å². The zero-order valence-electron chi connectivity index (χ0n) is 13.1. The third kappa shape index (κ3) is 3.73. The van der Waals surface area contributed by atoms with Crippen LogP contribution in [0.1, 0.15) is 18.1 Å². The first-order valence-electron chi connectivity index (χ1n) is 7.56. The third-order valence-electron chi connectivity index (χ3n) is 3.80. The molecule has 3 rings (SSSR count). The molecular weight excluding hydrogens is 336 g/mol. The average Bonchev–Trinajstić information content (AvgIpc) is 2.93. The summed E-state index contributed by atoms with van der Waals surface area (Å²) in [5.41, 5.74) is 2.08. The molecule has 0 saturated heterocycles. The lowest BCUT2D eigenvalue weighted by atomic mass is 10.0. The highest BCUT2D eigenvalue weighted by molar-refractivity contribution is 7.89. The summed E-state index contributed by atoms with van der Waals surface area (Å²) in [6.45, 7) is 2.36. The van der Waals surface area contributed by atoms with Gasteiger partial charge in [-0.25, -0.2) is 21.9 Å². The first-order chi connectivity index (χ1) is 11.3. The zero-order valence-corrected chi connectivity index (χ0v) is 13.9. The molecule has 0 amide bonds. The average molecular weight is 353 g/mol. The molecule has 0 fully saturated rings. The molecule has 0 spiro atoms. The van der Waals surface area contributed by atoms with Crippen LogP contribution in [0.25, 0.3) is 0 Å². The Morgan fingerprint density at radius 1 is 1.17 bits per heavy atom. The lowest BCUT2D eigenvalue weighted by Gasteiger charge is -2.15. The van der Waals surface area contributed by atoms with Crippen molar-refractivity contribution in [3.63, 3.8) is 0 Å². The molecule has 0 bridgehead atoms. The molecule has 1 aliphatic heterocycles. The standard InChI is InChI=1S/C17H17F2NO3S/c1-11(6-12-2-3-17-13(7-12)4-5-23-17)20-24(21,22)16-9-14(18)8-15(19)10-16/h2-3,7-11,20H,4-6H2,1H3. The molecule has 0 aliphatic carbocycles. The van der Waals surface area contributed by atoms with Crippen LogP contribution in [0.4, 0.5) is 8.78 Å². The number of fused-ring (bicyclic) bond motifs is 1. The number of hydrogen-bond donors (Lipinski definition) is 1. The normalized spacial score (nSPS) is 15.0. The monoisotopic (exact) mass is 353 g/mol. The van der Waals surface area contributed by atoms with E-state index in [1.54, 1.807) is 6.92 Å². The van der Waals surface area contributed by atoms with E-state index < -0.39 is 32.6 Å². The van der Waals surface area contributed by atoms with Crippen LogP contribution in [0.3, 0.4) is 0 Å². The maximum absolute atomic E-state index is 13.2. The van der Waals surface area contributed by atoms with Crippen molar-refractivity contribution in [1.82, 2.24) is 4.72 Å². The molecule has 1 aliphatic rings. The predicted molar refractivity (Wildman–Crippen MR) is 85.5 cm³/mol. The maximum Gasteiger partial charge on any atom is 0.241 e. The molecule has 1 N–H and O–H groups in total. The topological polar surface area (TPSA) is 55.4 Å². The number of sulfonamides is 1. The lowest BCUT2D eigenvalue weighted by molar-refractivity contribution is 0.357. The van der Waals surface area contributed by atoms with Gasteiger partial charge < -0.3 is 4.74 Å². The number of hydrogen-bond acceptors (Lipinski definition) is 3. The van der Waals surface area contributed by atoms with Gasteiger partial charge in [0, 0.05) is 18.5 Å². The van der Waals surface area contributed by atoms with Crippen LogP contribution in [-0.2, 0) is 22.9 Å². The Hall–Kier alpha value is -1.99. The van der Waals surface area contributed by atoms with Gasteiger partial charge in [0.2, 0.25) is 10.0 Å². The molecule has 0 saturated carbocycles. The Labute approximate surface area is 139 Å². The largest absolute Gasteiger partial charge is 0.493 e. The van der Waals surface area contributed by atoms with E-state index in [2.05, 4.69) is 4.72 Å². The first-order valence-corrected chi connectivity index (χ1v) is 9.05. The van der Waals surface area contributed by atoms with Crippen molar-refractivity contribution in [3.8, 4) is 5.75 Å². The molecule has 1 atom stereocenters. The van der Waals surface area contributed by atoms with E-state index in [0.29, 0.717) is 19.1 Å². The summed E-state index contributed by atoms with van der Waals surface area (Å²) in [5, 5.41) is 0. The minimum absolute atomic E-state index is 0.422. The fourth-order valence-corrected chi connectivity index (χ4v) is 4.06. The van der Waals surface area contributed by atoms with E-state index in [1.807, 2.05) is 18.2 Å². The quantitative estimate of drug-likeness (QED) is 0.899. The highest BCUT2D eigenvalue weighted by Crippen LogP contribution is 2.26. The van der Waals surface area contributed by atoms with Crippen molar-refractivity contribution in [2.45, 2.75) is 30.7 Å². The van der Waals surface area contributed by atoms with Gasteiger partial charge in [-0.15, -0.1) is 0 Å². The second kappa shape index (κ2) is 6.49. The number of rotatable bonds is 5. The SMILES string of the molecule is CC(Cc1ccc2c(c1)CCO2)NS(=O)(=O)c1cc(F)cc(F)c1. The van der Waals surface area contributed by atoms with Gasteiger partial charge in [0.25, 0.3) is 0 Å². The number of nitrogens with one attached hydrogen (secondary N) is 1. The smallest absolute Gasteiger partial charge is 0.241 e. The number of ether oxygens (including phenoxy) is 1. The van der Waals surface area contributed by atoms with E-state index >= 15 is 0 Å². The molecule has 2 aromatic rings. The summed E-state index contributed by atoms with van der Waals surface area (Å²) in [5.74, 6) is -0.995. The van der Waals surface area contributed by atoms with Crippen LogP contribution in [0.2, 0.25) is 0 Å². The van der Waals surface area contributed by atoms with Crippen LogP contribution in [0, 0.1) is 11.6 Å². The summed E-state index contributed by atoms with van der Waals surface area (Å²) < 4.78 is 58.9. The van der Waals surface area contributed by atoms with E-state index in [9.17, 15) is 17.2 Å². The van der Waals surface area contributed by atoms with Crippen molar-refractivity contribution in [2.24, 2.45) is 0 Å². The summed E-state index contributed by atoms with van der Waals surface area (Å²) in [6, 6.07) is 7.55. The summed E-state index contributed by atoms with van der Waals surface area (Å²) in [7, 11) is -3.99. The predicted octanol–water partition coefficient (Wildman–Crippen LogP) is 2.81. The number of benzene rings is 2. The molecule has 1 unspecified atom stereocenters. The van der Waals surface area contributed by atoms with Crippen LogP contribution >= 0.6 is 0 Å². The van der Waals surface area contributed by atoms with Gasteiger partial charge in [0.15, 0.2) is 0 Å². The van der Waals surface area contributed by atoms with E-state index in [-0.39, 0.29) is 0 Å². The highest BCUT2D eigenvalue weighted by atomic mass is 32.2. The van der Waals surface area contributed by atoms with Crippen molar-refractivity contribution in [1.29, 1.82) is 0 Å². The number of halogens is 2. The molecule has 4 nitrogen and oxygen atoms in total. The highest BCUT2D eigenvalue weighted by Gasteiger charge is 2.20. The zero-order chi connectivity index (χ0) is 17.3. The molecule has 2 aromatic carbocycles. The third-order valence-corrected chi connectivity index (χ3v) is 5.37. The van der Waals surface area contributed by atoms with Crippen LogP contribution < -0.4 is 9.46 Å². The van der Waals surface area contributed by atoms with Gasteiger partial charge in [-0.3, -0.25) is 0 Å². The molecule has 1 heterocycles. The summed E-state index contributed by atoms with van der Waals surface area (Å²) >= 11 is 0. The van der Waals surface area contributed by atoms with Crippen molar-refractivity contribution in [2.75, 3.05) is 6.61 Å².